The first-order valence-corrected chi connectivity index (χ1v) is 12.5. The zero-order chi connectivity index (χ0) is 26.2. The lowest BCUT2D eigenvalue weighted by Gasteiger charge is -2.22. The van der Waals surface area contributed by atoms with Gasteiger partial charge in [0.15, 0.2) is 11.6 Å². The summed E-state index contributed by atoms with van der Waals surface area (Å²) < 4.78 is 37.1. The van der Waals surface area contributed by atoms with Crippen LogP contribution in [0.3, 0.4) is 0 Å². The first-order chi connectivity index (χ1) is 17.3. The van der Waals surface area contributed by atoms with Gasteiger partial charge in [0.1, 0.15) is 12.4 Å². The third kappa shape index (κ3) is 12.6. The fourth-order valence-corrected chi connectivity index (χ4v) is 3.77. The van der Waals surface area contributed by atoms with Gasteiger partial charge < -0.3 is 19.7 Å². The zero-order valence-corrected chi connectivity index (χ0v) is 21.3. The van der Waals surface area contributed by atoms with Crippen LogP contribution < -0.4 is 10.1 Å². The van der Waals surface area contributed by atoms with E-state index in [-0.39, 0.29) is 36.7 Å². The Balaban J connectivity index is 1.55. The van der Waals surface area contributed by atoms with Gasteiger partial charge in [0.25, 0.3) is 0 Å². The molecule has 0 bridgehead atoms. The molecule has 198 valence electrons. The van der Waals surface area contributed by atoms with E-state index in [1.165, 1.54) is 12.1 Å². The van der Waals surface area contributed by atoms with Gasteiger partial charge in [0, 0.05) is 19.0 Å². The monoisotopic (exact) mass is 504 g/mol. The van der Waals surface area contributed by atoms with Crippen LogP contribution in [-0.4, -0.2) is 50.1 Å². The van der Waals surface area contributed by atoms with Crippen LogP contribution >= 0.6 is 0 Å². The van der Waals surface area contributed by atoms with Crippen molar-refractivity contribution in [3.63, 3.8) is 0 Å². The Morgan fingerprint density at radius 2 is 1.64 bits per heavy atom. The standard InChI is InChI=1S/C28H38F2N2O4/c1-32(2)20-24(19-28(34)36-21-22-12-8-7-9-13-22)31-27(33)14-10-5-3-4-6-11-17-35-26-16-15-23(29)18-25(26)30/h7-9,12-13,15-16,18,24H,3-6,10-11,14,17,19-21H2,1-2H3,(H,31,33)/t24-/m1/s1. The number of carbonyl (C=O) groups is 2. The minimum absolute atomic E-state index is 0.0626. The maximum atomic E-state index is 13.5. The van der Waals surface area contributed by atoms with E-state index in [9.17, 15) is 18.4 Å². The molecular formula is C28H38F2N2O4. The van der Waals surface area contributed by atoms with Crippen LogP contribution in [0.2, 0.25) is 0 Å². The number of unbranched alkanes of at least 4 members (excludes halogenated alkanes) is 5. The van der Waals surface area contributed by atoms with Gasteiger partial charge in [-0.2, -0.15) is 0 Å². The Morgan fingerprint density at radius 1 is 0.944 bits per heavy atom. The largest absolute Gasteiger partial charge is 0.491 e. The van der Waals surface area contributed by atoms with E-state index in [2.05, 4.69) is 5.32 Å². The lowest BCUT2D eigenvalue weighted by Crippen LogP contribution is -2.43. The third-order valence-electron chi connectivity index (χ3n) is 5.56. The summed E-state index contributed by atoms with van der Waals surface area (Å²) >= 11 is 0. The number of hydrogen-bond acceptors (Lipinski definition) is 5. The second kappa shape index (κ2) is 16.6. The van der Waals surface area contributed by atoms with Crippen molar-refractivity contribution in [2.24, 2.45) is 0 Å². The van der Waals surface area contributed by atoms with E-state index in [0.29, 0.717) is 19.6 Å². The van der Waals surface area contributed by atoms with Crippen LogP contribution in [0.15, 0.2) is 48.5 Å². The predicted molar refractivity (Wildman–Crippen MR) is 136 cm³/mol. The fourth-order valence-electron chi connectivity index (χ4n) is 3.77. The lowest BCUT2D eigenvalue weighted by molar-refractivity contribution is -0.145. The Bertz CT molecular complexity index is 925. The van der Waals surface area contributed by atoms with Crippen molar-refractivity contribution in [1.82, 2.24) is 10.2 Å². The fraction of sp³-hybridized carbons (Fsp3) is 0.500. The average molecular weight is 505 g/mol. The second-order valence-corrected chi connectivity index (χ2v) is 9.17. The highest BCUT2D eigenvalue weighted by Crippen LogP contribution is 2.18. The minimum Gasteiger partial charge on any atom is -0.491 e. The van der Waals surface area contributed by atoms with E-state index in [0.717, 1.165) is 50.2 Å². The summed E-state index contributed by atoms with van der Waals surface area (Å²) in [4.78, 5) is 26.6. The molecular weight excluding hydrogens is 466 g/mol. The summed E-state index contributed by atoms with van der Waals surface area (Å²) in [5.41, 5.74) is 0.924. The molecule has 2 aromatic carbocycles. The van der Waals surface area contributed by atoms with E-state index in [1.54, 1.807) is 0 Å². The van der Waals surface area contributed by atoms with Crippen molar-refractivity contribution in [3.8, 4) is 5.75 Å². The van der Waals surface area contributed by atoms with Gasteiger partial charge >= 0.3 is 5.97 Å². The smallest absolute Gasteiger partial charge is 0.308 e. The summed E-state index contributed by atoms with van der Waals surface area (Å²) in [6.07, 6.45) is 5.94. The van der Waals surface area contributed by atoms with Gasteiger partial charge in [-0.05, 0) is 44.6 Å². The van der Waals surface area contributed by atoms with Crippen LogP contribution in [0, 0.1) is 11.6 Å². The number of nitrogens with one attached hydrogen (secondary N) is 1. The van der Waals surface area contributed by atoms with E-state index in [1.807, 2.05) is 49.3 Å². The molecule has 2 aromatic rings. The summed E-state index contributed by atoms with van der Waals surface area (Å²) in [5.74, 6) is -1.64. The van der Waals surface area contributed by atoms with Crippen LogP contribution in [0.25, 0.3) is 0 Å². The summed E-state index contributed by atoms with van der Waals surface area (Å²) in [7, 11) is 3.80. The molecule has 0 unspecified atom stereocenters. The van der Waals surface area contributed by atoms with Crippen molar-refractivity contribution < 1.29 is 27.8 Å². The molecule has 8 heteroatoms. The van der Waals surface area contributed by atoms with Gasteiger partial charge in [-0.15, -0.1) is 0 Å². The molecule has 6 nitrogen and oxygen atoms in total. The van der Waals surface area contributed by atoms with Crippen molar-refractivity contribution >= 4 is 11.9 Å². The van der Waals surface area contributed by atoms with Crippen LogP contribution in [0.1, 0.15) is 56.9 Å². The van der Waals surface area contributed by atoms with Crippen molar-refractivity contribution in [2.75, 3.05) is 27.2 Å². The Kier molecular flexibility index (Phi) is 13.5. The quantitative estimate of drug-likeness (QED) is 0.235. The minimum atomic E-state index is -0.690. The number of halogens is 2. The van der Waals surface area contributed by atoms with Gasteiger partial charge in [0.2, 0.25) is 5.91 Å². The summed E-state index contributed by atoms with van der Waals surface area (Å²) in [6, 6.07) is 12.5. The number of nitrogens with zero attached hydrogens (tertiary/aromatic N) is 1. The van der Waals surface area contributed by atoms with E-state index < -0.39 is 11.6 Å². The topological polar surface area (TPSA) is 67.9 Å². The SMILES string of the molecule is CN(C)C[C@@H](CC(=O)OCc1ccccc1)NC(=O)CCCCCCCCOc1ccc(F)cc1F. The van der Waals surface area contributed by atoms with Crippen LogP contribution in [0.5, 0.6) is 5.75 Å². The van der Waals surface area contributed by atoms with Crippen molar-refractivity contribution in [2.45, 2.75) is 64.0 Å². The van der Waals surface area contributed by atoms with Gasteiger partial charge in [-0.25, -0.2) is 8.78 Å². The summed E-state index contributed by atoms with van der Waals surface area (Å²) in [6.45, 7) is 1.15. The zero-order valence-electron chi connectivity index (χ0n) is 21.3. The Hall–Kier alpha value is -3.00. The molecule has 0 fully saturated rings. The number of hydrogen-bond donors (Lipinski definition) is 1. The molecule has 1 amide bonds. The molecule has 0 saturated heterocycles. The number of rotatable bonds is 17. The maximum Gasteiger partial charge on any atom is 0.308 e. The van der Waals surface area contributed by atoms with E-state index in [4.69, 9.17) is 9.47 Å². The average Bonchev–Trinajstić information content (AvgIpc) is 2.83. The molecule has 0 radical (unpaired) electrons. The molecule has 0 aliphatic carbocycles. The Morgan fingerprint density at radius 3 is 2.33 bits per heavy atom. The van der Waals surface area contributed by atoms with Crippen molar-refractivity contribution in [3.05, 3.63) is 65.7 Å². The molecule has 0 spiro atoms. The van der Waals surface area contributed by atoms with Crippen LogP contribution in [-0.2, 0) is 20.9 Å². The number of likely N-dealkylation sites (N-methyl/N-ethyl adjacent to an activating group) is 1. The first-order valence-electron chi connectivity index (χ1n) is 12.5. The molecule has 36 heavy (non-hydrogen) atoms. The molecule has 0 aliphatic heterocycles. The molecule has 0 aromatic heterocycles. The molecule has 0 saturated carbocycles. The van der Waals surface area contributed by atoms with Gasteiger partial charge in [-0.3, -0.25) is 9.59 Å². The van der Waals surface area contributed by atoms with Gasteiger partial charge in [-0.1, -0.05) is 56.0 Å². The number of carbonyl (C=O) groups excluding carboxylic acids is 2. The third-order valence-corrected chi connectivity index (χ3v) is 5.56. The highest BCUT2D eigenvalue weighted by molar-refractivity contribution is 5.77. The van der Waals surface area contributed by atoms with E-state index >= 15 is 0 Å². The van der Waals surface area contributed by atoms with Gasteiger partial charge in [0.05, 0.1) is 19.1 Å². The predicted octanol–water partition coefficient (Wildman–Crippen LogP) is 5.25. The normalized spacial score (nSPS) is 11.8. The Labute approximate surface area is 213 Å². The van der Waals surface area contributed by atoms with Crippen molar-refractivity contribution in [1.29, 1.82) is 0 Å². The first kappa shape index (κ1) is 29.2. The summed E-state index contributed by atoms with van der Waals surface area (Å²) in [5, 5.41) is 2.97. The highest BCUT2D eigenvalue weighted by Gasteiger charge is 2.18. The number of esters is 1. The second-order valence-electron chi connectivity index (χ2n) is 9.17. The van der Waals surface area contributed by atoms with Crippen LogP contribution in [0.4, 0.5) is 8.78 Å². The number of benzene rings is 2. The highest BCUT2D eigenvalue weighted by atomic mass is 19.1. The number of ether oxygens (including phenoxy) is 2. The molecule has 2 rings (SSSR count). The molecule has 0 heterocycles. The molecule has 1 atom stereocenters. The lowest BCUT2D eigenvalue weighted by atomic mass is 10.1. The maximum absolute atomic E-state index is 13.5. The molecule has 1 N–H and O–H groups in total. The number of amides is 1. The molecule has 0 aliphatic rings.